The normalized spacial score (nSPS) is 29.1. The molecule has 0 aromatic heterocycles. The lowest BCUT2D eigenvalue weighted by Crippen LogP contribution is -2.45. The molecule has 3 heterocycles. The third-order valence-corrected chi connectivity index (χ3v) is 5.74. The number of hydrogen-bond donors (Lipinski definition) is 0. The molecular weight excluding hydrogens is 309 g/mol. The molecule has 3 aliphatic rings. The fourth-order valence-corrected chi connectivity index (χ4v) is 4.21. The lowest BCUT2D eigenvalue weighted by atomic mass is 10.0. The first-order valence-electron chi connectivity index (χ1n) is 8.69. The number of likely N-dealkylation sites (tertiary alicyclic amines) is 2. The highest BCUT2D eigenvalue weighted by molar-refractivity contribution is 5.97. The number of amides is 1. The van der Waals surface area contributed by atoms with E-state index in [-0.39, 0.29) is 23.9 Å². The number of fused-ring (bicyclic) bond motifs is 2. The highest BCUT2D eigenvalue weighted by atomic mass is 19.1. The van der Waals surface area contributed by atoms with Gasteiger partial charge in [-0.2, -0.15) is 0 Å². The summed E-state index contributed by atoms with van der Waals surface area (Å²) in [6.45, 7) is 3.85. The molecule has 0 radical (unpaired) electrons. The molecule has 1 aromatic carbocycles. The summed E-state index contributed by atoms with van der Waals surface area (Å²) in [5, 5.41) is 0. The lowest BCUT2D eigenvalue weighted by Gasteiger charge is -2.35. The van der Waals surface area contributed by atoms with Crippen LogP contribution < -0.4 is 4.74 Å². The Balaban J connectivity index is 1.56. The molecule has 1 aromatic rings. The van der Waals surface area contributed by atoms with E-state index in [0.29, 0.717) is 17.4 Å². The lowest BCUT2D eigenvalue weighted by molar-refractivity contribution is 0.0679. The largest absolute Gasteiger partial charge is 0.486 e. The number of benzene rings is 1. The minimum absolute atomic E-state index is 0.0209. The third-order valence-electron chi connectivity index (χ3n) is 5.74. The Labute approximate surface area is 142 Å². The van der Waals surface area contributed by atoms with E-state index in [9.17, 15) is 9.18 Å². The molecule has 1 amide bonds. The van der Waals surface area contributed by atoms with Gasteiger partial charge in [0.25, 0.3) is 5.91 Å². The molecule has 3 aliphatic heterocycles. The molecule has 2 saturated heterocycles. The van der Waals surface area contributed by atoms with Gasteiger partial charge in [-0.1, -0.05) is 0 Å². The first kappa shape index (κ1) is 15.8. The van der Waals surface area contributed by atoms with Gasteiger partial charge in [0.1, 0.15) is 17.7 Å². The molecule has 2 atom stereocenters. The number of piperidine rings is 1. The minimum atomic E-state index is -0.368. The molecule has 0 aliphatic carbocycles. The monoisotopic (exact) mass is 333 g/mol. The van der Waals surface area contributed by atoms with Crippen LogP contribution in [0.4, 0.5) is 4.39 Å². The Bertz CT molecular complexity index is 645. The van der Waals surface area contributed by atoms with Gasteiger partial charge in [-0.15, -0.1) is 0 Å². The molecule has 4 rings (SSSR count). The van der Waals surface area contributed by atoms with Crippen LogP contribution in [0.5, 0.6) is 5.75 Å². The van der Waals surface area contributed by atoms with Crippen molar-refractivity contribution in [3.05, 3.63) is 29.6 Å². The van der Waals surface area contributed by atoms with Crippen LogP contribution in [0, 0.1) is 5.82 Å². The Morgan fingerprint density at radius 2 is 1.92 bits per heavy atom. The summed E-state index contributed by atoms with van der Waals surface area (Å²) >= 11 is 0. The Morgan fingerprint density at radius 3 is 2.67 bits per heavy atom. The van der Waals surface area contributed by atoms with Crippen LogP contribution in [-0.4, -0.2) is 79.1 Å². The molecule has 5 nitrogen and oxygen atoms in total. The standard InChI is InChI=1S/C18H24FN3O2/c1-20-7-5-13(6-8-20)22-10-15-17(11-22)24-16-9-12(19)3-4-14(16)18(23)21(15)2/h3-4,9,13,15,17H,5-8,10-11H2,1-2H3/t15-,17+/m1/s1. The summed E-state index contributed by atoms with van der Waals surface area (Å²) in [7, 11) is 3.99. The van der Waals surface area contributed by atoms with Crippen molar-refractivity contribution in [3.8, 4) is 5.75 Å². The van der Waals surface area contributed by atoms with E-state index in [1.807, 2.05) is 7.05 Å². The van der Waals surface area contributed by atoms with Crippen molar-refractivity contribution in [3.63, 3.8) is 0 Å². The summed E-state index contributed by atoms with van der Waals surface area (Å²) in [5.74, 6) is -0.0693. The SMILES string of the molecule is CN1CCC(N2C[C@@H]3Oc4cc(F)ccc4C(=O)N(C)[C@@H]3C2)CC1. The fourth-order valence-electron chi connectivity index (χ4n) is 4.21. The van der Waals surface area contributed by atoms with E-state index < -0.39 is 0 Å². The average Bonchev–Trinajstić information content (AvgIpc) is 2.94. The molecule has 0 unspecified atom stereocenters. The van der Waals surface area contributed by atoms with Crippen molar-refractivity contribution in [2.45, 2.75) is 31.0 Å². The fraction of sp³-hybridized carbons (Fsp3) is 0.611. The van der Waals surface area contributed by atoms with Crippen LogP contribution in [0.25, 0.3) is 0 Å². The summed E-state index contributed by atoms with van der Waals surface area (Å²) in [6.07, 6.45) is 2.21. The smallest absolute Gasteiger partial charge is 0.257 e. The summed E-state index contributed by atoms with van der Waals surface area (Å²) in [5.41, 5.74) is 0.458. The summed E-state index contributed by atoms with van der Waals surface area (Å²) < 4.78 is 19.7. The molecule has 2 fully saturated rings. The number of carbonyl (C=O) groups excluding carboxylic acids is 1. The minimum Gasteiger partial charge on any atom is -0.486 e. The van der Waals surface area contributed by atoms with E-state index in [4.69, 9.17) is 4.74 Å². The second kappa shape index (κ2) is 6.01. The van der Waals surface area contributed by atoms with Gasteiger partial charge in [-0.25, -0.2) is 4.39 Å². The second-order valence-electron chi connectivity index (χ2n) is 7.27. The van der Waals surface area contributed by atoms with Gasteiger partial charge in [-0.3, -0.25) is 9.69 Å². The highest BCUT2D eigenvalue weighted by Gasteiger charge is 2.44. The molecule has 0 bridgehead atoms. The summed E-state index contributed by atoms with van der Waals surface area (Å²) in [4.78, 5) is 19.3. The number of carbonyl (C=O) groups is 1. The molecule has 0 N–H and O–H groups in total. The van der Waals surface area contributed by atoms with Crippen LogP contribution in [0.1, 0.15) is 23.2 Å². The van der Waals surface area contributed by atoms with Crippen LogP contribution in [0.2, 0.25) is 0 Å². The van der Waals surface area contributed by atoms with Crippen LogP contribution in [0.3, 0.4) is 0 Å². The zero-order chi connectivity index (χ0) is 16.8. The molecular formula is C18H24FN3O2. The number of nitrogens with zero attached hydrogens (tertiary/aromatic N) is 3. The van der Waals surface area contributed by atoms with Gasteiger partial charge in [0.05, 0.1) is 11.6 Å². The predicted molar refractivity (Wildman–Crippen MR) is 88.8 cm³/mol. The number of ether oxygens (including phenoxy) is 1. The Kier molecular flexibility index (Phi) is 3.96. The van der Waals surface area contributed by atoms with E-state index in [1.54, 1.807) is 4.90 Å². The molecule has 0 saturated carbocycles. The second-order valence-corrected chi connectivity index (χ2v) is 7.27. The first-order valence-corrected chi connectivity index (χ1v) is 8.69. The number of halogens is 1. The zero-order valence-corrected chi connectivity index (χ0v) is 14.2. The van der Waals surface area contributed by atoms with E-state index in [0.717, 1.165) is 39.0 Å². The predicted octanol–water partition coefficient (Wildman–Crippen LogP) is 1.44. The Hall–Kier alpha value is -1.66. The van der Waals surface area contributed by atoms with Gasteiger partial charge >= 0.3 is 0 Å². The number of likely N-dealkylation sites (N-methyl/N-ethyl adjacent to an activating group) is 1. The zero-order valence-electron chi connectivity index (χ0n) is 14.2. The number of rotatable bonds is 1. The molecule has 24 heavy (non-hydrogen) atoms. The van der Waals surface area contributed by atoms with Crippen molar-refractivity contribution in [2.24, 2.45) is 0 Å². The van der Waals surface area contributed by atoms with Crippen molar-refractivity contribution in [1.82, 2.24) is 14.7 Å². The molecule has 130 valence electrons. The van der Waals surface area contributed by atoms with Crippen molar-refractivity contribution in [1.29, 1.82) is 0 Å². The van der Waals surface area contributed by atoms with Gasteiger partial charge in [0.2, 0.25) is 0 Å². The van der Waals surface area contributed by atoms with Gasteiger partial charge < -0.3 is 14.5 Å². The third kappa shape index (κ3) is 2.67. The van der Waals surface area contributed by atoms with Crippen LogP contribution in [0.15, 0.2) is 18.2 Å². The Morgan fingerprint density at radius 1 is 1.17 bits per heavy atom. The molecule has 6 heteroatoms. The van der Waals surface area contributed by atoms with Crippen molar-refractivity contribution < 1.29 is 13.9 Å². The number of hydrogen-bond acceptors (Lipinski definition) is 4. The van der Waals surface area contributed by atoms with Gasteiger partial charge in [0, 0.05) is 32.2 Å². The quantitative estimate of drug-likeness (QED) is 0.779. The maximum atomic E-state index is 13.6. The van der Waals surface area contributed by atoms with Gasteiger partial charge in [-0.05, 0) is 45.1 Å². The molecule has 0 spiro atoms. The van der Waals surface area contributed by atoms with Crippen molar-refractivity contribution in [2.75, 3.05) is 40.3 Å². The van der Waals surface area contributed by atoms with Crippen molar-refractivity contribution >= 4 is 5.91 Å². The first-order chi connectivity index (χ1) is 11.5. The summed E-state index contributed by atoms with van der Waals surface area (Å²) in [6, 6.07) is 4.75. The maximum absolute atomic E-state index is 13.6. The van der Waals surface area contributed by atoms with E-state index in [1.165, 1.54) is 18.2 Å². The topological polar surface area (TPSA) is 36.0 Å². The van der Waals surface area contributed by atoms with E-state index in [2.05, 4.69) is 16.8 Å². The van der Waals surface area contributed by atoms with Crippen LogP contribution >= 0.6 is 0 Å². The average molecular weight is 333 g/mol. The van der Waals surface area contributed by atoms with Crippen LogP contribution in [-0.2, 0) is 0 Å². The highest BCUT2D eigenvalue weighted by Crippen LogP contribution is 2.32. The maximum Gasteiger partial charge on any atom is 0.257 e. The van der Waals surface area contributed by atoms with Gasteiger partial charge in [0.15, 0.2) is 0 Å². The van der Waals surface area contributed by atoms with E-state index >= 15 is 0 Å².